The van der Waals surface area contributed by atoms with E-state index in [-0.39, 0.29) is 5.91 Å². The first-order valence-electron chi connectivity index (χ1n) is 6.15. The van der Waals surface area contributed by atoms with E-state index in [9.17, 15) is 4.79 Å². The molecule has 1 amide bonds. The minimum absolute atomic E-state index is 0.119. The fourth-order valence-electron chi connectivity index (χ4n) is 1.67. The first kappa shape index (κ1) is 13.2. The molecule has 1 aromatic rings. The molecule has 0 spiro atoms. The molecule has 0 unspecified atom stereocenters. The van der Waals surface area contributed by atoms with Crippen LogP contribution in [0.15, 0.2) is 16.6 Å². The number of aryl methyl sites for hydroxylation is 1. The molecule has 1 aromatic carbocycles. The Kier molecular flexibility index (Phi) is 4.11. The van der Waals surface area contributed by atoms with Crippen LogP contribution < -0.4 is 16.4 Å². The third-order valence-corrected chi connectivity index (χ3v) is 3.62. The van der Waals surface area contributed by atoms with Gasteiger partial charge in [0, 0.05) is 34.9 Å². The van der Waals surface area contributed by atoms with Crippen LogP contribution in [0.1, 0.15) is 24.8 Å². The van der Waals surface area contributed by atoms with Gasteiger partial charge in [-0.2, -0.15) is 0 Å². The summed E-state index contributed by atoms with van der Waals surface area (Å²) in [5.74, 6) is 0.119. The van der Waals surface area contributed by atoms with E-state index in [0.29, 0.717) is 19.0 Å². The van der Waals surface area contributed by atoms with Crippen molar-refractivity contribution in [2.75, 3.05) is 17.6 Å². The van der Waals surface area contributed by atoms with Gasteiger partial charge in [-0.05, 0) is 53.4 Å². The number of nitrogen functional groups attached to an aromatic ring is 1. The molecule has 18 heavy (non-hydrogen) atoms. The summed E-state index contributed by atoms with van der Waals surface area (Å²) in [5.41, 5.74) is 8.57. The summed E-state index contributed by atoms with van der Waals surface area (Å²) in [5, 5.41) is 6.21. The molecule has 5 heteroatoms. The lowest BCUT2D eigenvalue weighted by atomic mass is 10.2. The predicted molar refractivity (Wildman–Crippen MR) is 77.6 cm³/mol. The van der Waals surface area contributed by atoms with E-state index in [1.54, 1.807) is 0 Å². The Morgan fingerprint density at radius 1 is 1.50 bits per heavy atom. The molecule has 4 N–H and O–H groups in total. The normalized spacial score (nSPS) is 14.3. The van der Waals surface area contributed by atoms with Crippen molar-refractivity contribution in [1.82, 2.24) is 5.32 Å². The molecule has 4 nitrogen and oxygen atoms in total. The molecular weight excluding hydrogens is 294 g/mol. The van der Waals surface area contributed by atoms with E-state index < -0.39 is 0 Å². The van der Waals surface area contributed by atoms with Crippen molar-refractivity contribution < 1.29 is 4.79 Å². The Morgan fingerprint density at radius 3 is 2.89 bits per heavy atom. The van der Waals surface area contributed by atoms with Gasteiger partial charge < -0.3 is 16.4 Å². The van der Waals surface area contributed by atoms with E-state index in [4.69, 9.17) is 5.73 Å². The van der Waals surface area contributed by atoms with Crippen molar-refractivity contribution >= 4 is 33.2 Å². The first-order chi connectivity index (χ1) is 8.56. The Hall–Kier alpha value is -1.23. The van der Waals surface area contributed by atoms with Crippen LogP contribution in [0.3, 0.4) is 0 Å². The Morgan fingerprint density at radius 2 is 2.22 bits per heavy atom. The maximum Gasteiger partial charge on any atom is 0.221 e. The summed E-state index contributed by atoms with van der Waals surface area (Å²) in [6, 6.07) is 4.29. The van der Waals surface area contributed by atoms with Crippen LogP contribution in [0.4, 0.5) is 11.4 Å². The number of carbonyl (C=O) groups is 1. The fraction of sp³-hybridized carbons (Fsp3) is 0.462. The third kappa shape index (κ3) is 3.63. The largest absolute Gasteiger partial charge is 0.398 e. The lowest BCUT2D eigenvalue weighted by Gasteiger charge is -2.11. The molecule has 1 fully saturated rings. The standard InChI is InChI=1S/C13H18BrN3O/c1-8-6-12(10(14)7-11(8)15)16-5-4-13(18)17-9-2-3-9/h6-7,9,16H,2-5,15H2,1H3,(H,17,18). The van der Waals surface area contributed by atoms with Gasteiger partial charge in [-0.15, -0.1) is 0 Å². The molecule has 0 saturated heterocycles. The number of hydrogen-bond acceptors (Lipinski definition) is 3. The molecule has 1 saturated carbocycles. The number of anilines is 2. The van der Waals surface area contributed by atoms with Crippen molar-refractivity contribution in [3.63, 3.8) is 0 Å². The van der Waals surface area contributed by atoms with Crippen LogP contribution in [0, 0.1) is 6.92 Å². The summed E-state index contributed by atoms with van der Waals surface area (Å²) in [6.07, 6.45) is 2.75. The highest BCUT2D eigenvalue weighted by Crippen LogP contribution is 2.27. The van der Waals surface area contributed by atoms with Crippen molar-refractivity contribution in [3.8, 4) is 0 Å². The number of carbonyl (C=O) groups excluding carboxylic acids is 1. The van der Waals surface area contributed by atoms with Gasteiger partial charge in [-0.25, -0.2) is 0 Å². The van der Waals surface area contributed by atoms with Gasteiger partial charge in [-0.3, -0.25) is 4.79 Å². The minimum Gasteiger partial charge on any atom is -0.398 e. The van der Waals surface area contributed by atoms with Crippen molar-refractivity contribution in [3.05, 3.63) is 22.2 Å². The maximum atomic E-state index is 11.5. The summed E-state index contributed by atoms with van der Waals surface area (Å²) < 4.78 is 0.924. The highest BCUT2D eigenvalue weighted by Gasteiger charge is 2.22. The number of rotatable bonds is 5. The average molecular weight is 312 g/mol. The average Bonchev–Trinajstić information content (AvgIpc) is 3.09. The van der Waals surface area contributed by atoms with Crippen LogP contribution >= 0.6 is 15.9 Å². The zero-order chi connectivity index (χ0) is 13.1. The molecule has 0 aliphatic heterocycles. The third-order valence-electron chi connectivity index (χ3n) is 2.97. The van der Waals surface area contributed by atoms with Gasteiger partial charge in [0.2, 0.25) is 5.91 Å². The number of halogens is 1. The van der Waals surface area contributed by atoms with Gasteiger partial charge in [0.15, 0.2) is 0 Å². The van der Waals surface area contributed by atoms with E-state index in [1.165, 1.54) is 0 Å². The minimum atomic E-state index is 0.119. The number of hydrogen-bond donors (Lipinski definition) is 3. The highest BCUT2D eigenvalue weighted by atomic mass is 79.9. The molecule has 0 radical (unpaired) electrons. The van der Waals surface area contributed by atoms with Gasteiger partial charge in [0.05, 0.1) is 0 Å². The molecule has 0 aromatic heterocycles. The van der Waals surface area contributed by atoms with Gasteiger partial charge in [-0.1, -0.05) is 0 Å². The zero-order valence-corrected chi connectivity index (χ0v) is 12.0. The van der Waals surface area contributed by atoms with Crippen LogP contribution in [0.5, 0.6) is 0 Å². The second-order valence-electron chi connectivity index (χ2n) is 4.71. The van der Waals surface area contributed by atoms with Crippen LogP contribution in [-0.2, 0) is 4.79 Å². The summed E-state index contributed by atoms with van der Waals surface area (Å²) in [7, 11) is 0. The zero-order valence-electron chi connectivity index (χ0n) is 10.4. The van der Waals surface area contributed by atoms with Gasteiger partial charge >= 0.3 is 0 Å². The van der Waals surface area contributed by atoms with E-state index >= 15 is 0 Å². The monoisotopic (exact) mass is 311 g/mol. The van der Waals surface area contributed by atoms with Gasteiger partial charge in [0.25, 0.3) is 0 Å². The van der Waals surface area contributed by atoms with Crippen molar-refractivity contribution in [2.45, 2.75) is 32.2 Å². The van der Waals surface area contributed by atoms with Crippen molar-refractivity contribution in [2.24, 2.45) is 0 Å². The first-order valence-corrected chi connectivity index (χ1v) is 6.94. The van der Waals surface area contributed by atoms with Crippen LogP contribution in [0.2, 0.25) is 0 Å². The topological polar surface area (TPSA) is 67.2 Å². The van der Waals surface area contributed by atoms with Gasteiger partial charge in [0.1, 0.15) is 0 Å². The number of nitrogens with two attached hydrogens (primary N) is 1. The Balaban J connectivity index is 1.82. The molecule has 0 bridgehead atoms. The van der Waals surface area contributed by atoms with E-state index in [0.717, 1.165) is 34.3 Å². The maximum absolute atomic E-state index is 11.5. The van der Waals surface area contributed by atoms with Crippen molar-refractivity contribution in [1.29, 1.82) is 0 Å². The number of nitrogens with one attached hydrogen (secondary N) is 2. The molecular formula is C13H18BrN3O. The lowest BCUT2D eigenvalue weighted by Crippen LogP contribution is -2.27. The fourth-order valence-corrected chi connectivity index (χ4v) is 2.17. The lowest BCUT2D eigenvalue weighted by molar-refractivity contribution is -0.120. The molecule has 0 atom stereocenters. The quantitative estimate of drug-likeness (QED) is 0.732. The second kappa shape index (κ2) is 5.61. The summed E-state index contributed by atoms with van der Waals surface area (Å²) in [6.45, 7) is 2.59. The Bertz CT molecular complexity index is 458. The number of benzene rings is 1. The molecule has 98 valence electrons. The second-order valence-corrected chi connectivity index (χ2v) is 5.56. The Labute approximate surface area is 115 Å². The molecule has 1 aliphatic carbocycles. The summed E-state index contributed by atoms with van der Waals surface area (Å²) >= 11 is 3.46. The van der Waals surface area contributed by atoms with E-state index in [1.807, 2.05) is 19.1 Å². The summed E-state index contributed by atoms with van der Waals surface area (Å²) in [4.78, 5) is 11.5. The number of amides is 1. The smallest absolute Gasteiger partial charge is 0.221 e. The predicted octanol–water partition coefficient (Wildman–Crippen LogP) is 2.42. The van der Waals surface area contributed by atoms with E-state index in [2.05, 4.69) is 26.6 Å². The van der Waals surface area contributed by atoms with Crippen LogP contribution in [-0.4, -0.2) is 18.5 Å². The highest BCUT2D eigenvalue weighted by molar-refractivity contribution is 9.10. The molecule has 1 aliphatic rings. The molecule has 2 rings (SSSR count). The SMILES string of the molecule is Cc1cc(NCCC(=O)NC2CC2)c(Br)cc1N. The van der Waals surface area contributed by atoms with Crippen LogP contribution in [0.25, 0.3) is 0 Å². The molecule has 0 heterocycles.